The van der Waals surface area contributed by atoms with Gasteiger partial charge in [0, 0.05) is 0 Å². The van der Waals surface area contributed by atoms with E-state index >= 15 is 0 Å². The summed E-state index contributed by atoms with van der Waals surface area (Å²) in [6, 6.07) is 19.9. The monoisotopic (exact) mass is 377 g/mol. The lowest BCUT2D eigenvalue weighted by Crippen LogP contribution is -2.36. The zero-order valence-corrected chi connectivity index (χ0v) is 17.1. The van der Waals surface area contributed by atoms with Crippen LogP contribution in [0.5, 0.6) is 0 Å². The van der Waals surface area contributed by atoms with Crippen molar-refractivity contribution in [3.05, 3.63) is 71.8 Å². The van der Waals surface area contributed by atoms with Crippen molar-refractivity contribution in [2.45, 2.75) is 52.2 Å². The minimum atomic E-state index is -0.332. The Morgan fingerprint density at radius 3 is 2.11 bits per heavy atom. The van der Waals surface area contributed by atoms with Gasteiger partial charge in [0.25, 0.3) is 0 Å². The van der Waals surface area contributed by atoms with Gasteiger partial charge in [-0.05, 0) is 41.7 Å². The van der Waals surface area contributed by atoms with Crippen LogP contribution in [0.2, 0.25) is 0 Å². The Hall–Kier alpha value is -2.42. The van der Waals surface area contributed by atoms with E-state index in [4.69, 9.17) is 4.74 Å². The van der Waals surface area contributed by atoms with Gasteiger partial charge in [-0.2, -0.15) is 0 Å². The number of carbonyl (C=O) groups excluding carboxylic acids is 1. The maximum Gasteiger partial charge on any atom is 0.349 e. The molecule has 1 aliphatic rings. The first kappa shape index (κ1) is 20.3. The second-order valence-electron chi connectivity index (χ2n) is 8.30. The molecule has 1 fully saturated rings. The molecule has 0 spiro atoms. The zero-order valence-electron chi connectivity index (χ0n) is 17.1. The maximum atomic E-state index is 12.6. The van der Waals surface area contributed by atoms with Crippen LogP contribution in [0.4, 0.5) is 0 Å². The maximum absolute atomic E-state index is 12.6. The van der Waals surface area contributed by atoms with Crippen LogP contribution in [0.25, 0.3) is 0 Å². The summed E-state index contributed by atoms with van der Waals surface area (Å²) in [5.41, 5.74) is 2.12. The smallest absolute Gasteiger partial charge is 0.349 e. The van der Waals surface area contributed by atoms with E-state index in [2.05, 4.69) is 25.8 Å². The molecule has 0 bridgehead atoms. The van der Waals surface area contributed by atoms with E-state index in [1.807, 2.05) is 60.7 Å². The van der Waals surface area contributed by atoms with Crippen molar-refractivity contribution >= 4 is 12.2 Å². The summed E-state index contributed by atoms with van der Waals surface area (Å²) in [5, 5.41) is 0. The van der Waals surface area contributed by atoms with Crippen LogP contribution < -0.4 is 0 Å². The van der Waals surface area contributed by atoms with E-state index in [1.165, 1.54) is 12.6 Å². The number of rotatable bonds is 6. The average Bonchev–Trinajstić information content (AvgIpc) is 2.69. The molecule has 0 radical (unpaired) electrons. The molecule has 0 heterocycles. The molecule has 3 nitrogen and oxygen atoms in total. The molecule has 1 aliphatic carbocycles. The summed E-state index contributed by atoms with van der Waals surface area (Å²) in [7, 11) is 0. The Balaban J connectivity index is 1.74. The molecule has 3 rings (SSSR count). The number of ether oxygens (including phenoxy) is 1. The molecule has 0 unspecified atom stereocenters. The molecule has 2 aromatic rings. The first-order chi connectivity index (χ1) is 13.5. The summed E-state index contributed by atoms with van der Waals surface area (Å²) in [4.78, 5) is 17.2. The van der Waals surface area contributed by atoms with Gasteiger partial charge in [0.2, 0.25) is 0 Å². The molecular weight excluding hydrogens is 346 g/mol. The highest BCUT2D eigenvalue weighted by atomic mass is 16.5. The van der Waals surface area contributed by atoms with Gasteiger partial charge in [-0.1, -0.05) is 87.9 Å². The third kappa shape index (κ3) is 5.31. The van der Waals surface area contributed by atoms with Crippen LogP contribution in [0.3, 0.4) is 0 Å². The van der Waals surface area contributed by atoms with Gasteiger partial charge in [0.05, 0.1) is 0 Å². The predicted molar refractivity (Wildman–Crippen MR) is 114 cm³/mol. The molecule has 0 saturated heterocycles. The topological polar surface area (TPSA) is 38.7 Å². The lowest BCUT2D eigenvalue weighted by Gasteiger charge is -2.36. The standard InChI is InChI=1S/C25H31NO2/c1-18(2)22-15-14-19(3)16-23(22)28-24(27)17-26-25(20-10-6-4-7-11-20)21-12-8-5-9-13-21/h4-13,17-19,22-23,25H,14-16H2,1-3H3/t19-,22+,23-/m1/s1. The average molecular weight is 378 g/mol. The Kier molecular flexibility index (Phi) is 7.02. The Morgan fingerprint density at radius 2 is 1.57 bits per heavy atom. The number of hydrogen-bond acceptors (Lipinski definition) is 3. The molecule has 0 N–H and O–H groups in total. The minimum Gasteiger partial charge on any atom is -0.458 e. The zero-order chi connectivity index (χ0) is 19.9. The van der Waals surface area contributed by atoms with Gasteiger partial charge in [-0.3, -0.25) is 4.99 Å². The molecule has 148 valence electrons. The summed E-state index contributed by atoms with van der Waals surface area (Å²) in [6.07, 6.45) is 4.67. The van der Waals surface area contributed by atoms with Crippen molar-refractivity contribution in [1.82, 2.24) is 0 Å². The molecule has 2 aromatic carbocycles. The van der Waals surface area contributed by atoms with Gasteiger partial charge in [0.1, 0.15) is 18.4 Å². The third-order valence-corrected chi connectivity index (χ3v) is 5.79. The van der Waals surface area contributed by atoms with Crippen LogP contribution in [0, 0.1) is 17.8 Å². The van der Waals surface area contributed by atoms with Crippen LogP contribution in [0.1, 0.15) is 57.2 Å². The van der Waals surface area contributed by atoms with Crippen molar-refractivity contribution in [2.75, 3.05) is 0 Å². The van der Waals surface area contributed by atoms with Crippen molar-refractivity contribution in [2.24, 2.45) is 22.7 Å². The van der Waals surface area contributed by atoms with E-state index < -0.39 is 0 Å². The van der Waals surface area contributed by atoms with Gasteiger partial charge in [-0.25, -0.2) is 4.79 Å². The third-order valence-electron chi connectivity index (χ3n) is 5.79. The molecule has 0 aliphatic heterocycles. The highest BCUT2D eigenvalue weighted by molar-refractivity contribution is 6.23. The second kappa shape index (κ2) is 9.68. The van der Waals surface area contributed by atoms with Gasteiger partial charge < -0.3 is 4.74 Å². The minimum absolute atomic E-state index is 0.00500. The lowest BCUT2D eigenvalue weighted by atomic mass is 9.75. The summed E-state index contributed by atoms with van der Waals surface area (Å²) < 4.78 is 5.87. The number of carbonyl (C=O) groups is 1. The predicted octanol–water partition coefficient (Wildman–Crippen LogP) is 5.85. The molecule has 3 atom stereocenters. The summed E-state index contributed by atoms with van der Waals surface area (Å²) in [6.45, 7) is 6.68. The van der Waals surface area contributed by atoms with Crippen molar-refractivity contribution in [3.8, 4) is 0 Å². The summed E-state index contributed by atoms with van der Waals surface area (Å²) >= 11 is 0. The van der Waals surface area contributed by atoms with Crippen LogP contribution in [-0.4, -0.2) is 18.3 Å². The molecule has 28 heavy (non-hydrogen) atoms. The first-order valence-corrected chi connectivity index (χ1v) is 10.4. The highest BCUT2D eigenvalue weighted by Gasteiger charge is 2.33. The largest absolute Gasteiger partial charge is 0.458 e. The van der Waals surface area contributed by atoms with E-state index in [0.717, 1.165) is 24.0 Å². The number of aliphatic imine (C=N–C) groups is 1. The highest BCUT2D eigenvalue weighted by Crippen LogP contribution is 2.35. The van der Waals surface area contributed by atoms with E-state index in [0.29, 0.717) is 17.8 Å². The van der Waals surface area contributed by atoms with Crippen LogP contribution in [0.15, 0.2) is 65.7 Å². The lowest BCUT2D eigenvalue weighted by molar-refractivity contribution is -0.146. The van der Waals surface area contributed by atoms with E-state index in [9.17, 15) is 4.79 Å². The molecule has 3 heteroatoms. The SMILES string of the molecule is CC(C)[C@@H]1CC[C@@H](C)C[C@H]1OC(=O)C=NC(c1ccccc1)c1ccccc1. The Bertz CT molecular complexity index is 730. The normalized spacial score (nSPS) is 22.7. The van der Waals surface area contributed by atoms with Crippen molar-refractivity contribution < 1.29 is 9.53 Å². The molecule has 0 aromatic heterocycles. The molecule has 0 amide bonds. The quantitative estimate of drug-likeness (QED) is 0.468. The number of nitrogens with zero attached hydrogens (tertiary/aromatic N) is 1. The first-order valence-electron chi connectivity index (χ1n) is 10.4. The Labute approximate surface area is 168 Å². The second-order valence-corrected chi connectivity index (χ2v) is 8.30. The summed E-state index contributed by atoms with van der Waals surface area (Å²) in [5.74, 6) is 1.23. The van der Waals surface area contributed by atoms with Crippen molar-refractivity contribution in [1.29, 1.82) is 0 Å². The fourth-order valence-corrected chi connectivity index (χ4v) is 4.20. The van der Waals surface area contributed by atoms with E-state index in [-0.39, 0.29) is 18.1 Å². The van der Waals surface area contributed by atoms with Crippen LogP contribution >= 0.6 is 0 Å². The van der Waals surface area contributed by atoms with Crippen molar-refractivity contribution in [3.63, 3.8) is 0 Å². The van der Waals surface area contributed by atoms with E-state index in [1.54, 1.807) is 0 Å². The van der Waals surface area contributed by atoms with Gasteiger partial charge in [-0.15, -0.1) is 0 Å². The number of hydrogen-bond donors (Lipinski definition) is 0. The molecular formula is C25H31NO2. The van der Waals surface area contributed by atoms with Gasteiger partial charge in [0.15, 0.2) is 0 Å². The fraction of sp³-hybridized carbons (Fsp3) is 0.440. The molecule has 1 saturated carbocycles. The van der Waals surface area contributed by atoms with Crippen LogP contribution in [-0.2, 0) is 9.53 Å². The Morgan fingerprint density at radius 1 is 1.00 bits per heavy atom. The van der Waals surface area contributed by atoms with Gasteiger partial charge >= 0.3 is 5.97 Å². The fourth-order valence-electron chi connectivity index (χ4n) is 4.20. The number of benzene rings is 2. The number of esters is 1.